The zero-order valence-electron chi connectivity index (χ0n) is 12.8. The number of hydrogen-bond acceptors (Lipinski definition) is 1. The molecule has 2 N–H and O–H groups in total. The van der Waals surface area contributed by atoms with E-state index in [2.05, 4.69) is 38.1 Å². The lowest BCUT2D eigenvalue weighted by Crippen LogP contribution is -2.16. The highest BCUT2D eigenvalue weighted by atomic mass is 14.5. The van der Waals surface area contributed by atoms with Crippen molar-refractivity contribution in [1.29, 1.82) is 0 Å². The molecule has 1 heteroatoms. The second kappa shape index (κ2) is 10.0. The molecule has 0 aromatic heterocycles. The zero-order valence-corrected chi connectivity index (χ0v) is 12.8. The van der Waals surface area contributed by atoms with E-state index < -0.39 is 0 Å². The summed E-state index contributed by atoms with van der Waals surface area (Å²) in [5, 5.41) is 0. The minimum atomic E-state index is 0.661. The normalized spacial score (nSPS) is 12.6. The van der Waals surface area contributed by atoms with Gasteiger partial charge in [0.25, 0.3) is 0 Å². The lowest BCUT2D eigenvalue weighted by molar-refractivity contribution is 0.456. The molecule has 0 saturated carbocycles. The number of hydrogen-bond donors (Lipinski definition) is 1. The Balaban J connectivity index is 2.20. The number of aryl methyl sites for hydroxylation is 1. The van der Waals surface area contributed by atoms with Crippen LogP contribution in [0.4, 0.5) is 0 Å². The van der Waals surface area contributed by atoms with Crippen LogP contribution >= 0.6 is 0 Å². The van der Waals surface area contributed by atoms with Gasteiger partial charge in [0.2, 0.25) is 0 Å². The molecule has 0 bridgehead atoms. The van der Waals surface area contributed by atoms with Crippen LogP contribution in [0, 0.1) is 12.8 Å². The first-order valence-electron chi connectivity index (χ1n) is 8.02. The molecule has 1 nitrogen and oxygen atoms in total. The minimum absolute atomic E-state index is 0.661. The van der Waals surface area contributed by atoms with Gasteiger partial charge in [-0.1, -0.05) is 75.3 Å². The third kappa shape index (κ3) is 7.37. The fourth-order valence-electron chi connectivity index (χ4n) is 2.57. The highest BCUT2D eigenvalue weighted by Gasteiger charge is 2.07. The Morgan fingerprint density at radius 3 is 2.21 bits per heavy atom. The topological polar surface area (TPSA) is 26.0 Å². The van der Waals surface area contributed by atoms with Crippen molar-refractivity contribution in [2.45, 2.75) is 65.2 Å². The van der Waals surface area contributed by atoms with Crippen molar-refractivity contribution < 1.29 is 0 Å². The molecule has 0 aliphatic rings. The van der Waals surface area contributed by atoms with E-state index in [1.165, 1.54) is 56.1 Å². The van der Waals surface area contributed by atoms with Gasteiger partial charge in [-0.25, -0.2) is 0 Å². The molecule has 1 atom stereocenters. The number of rotatable bonds is 10. The summed E-state index contributed by atoms with van der Waals surface area (Å²) in [6.07, 6.45) is 10.7. The molecule has 1 aromatic carbocycles. The highest BCUT2D eigenvalue weighted by Crippen LogP contribution is 2.16. The summed E-state index contributed by atoms with van der Waals surface area (Å²) in [7, 11) is 0. The van der Waals surface area contributed by atoms with Crippen molar-refractivity contribution in [3.63, 3.8) is 0 Å². The van der Waals surface area contributed by atoms with Crippen LogP contribution < -0.4 is 5.73 Å². The molecule has 0 radical (unpaired) electrons. The molecule has 0 aliphatic heterocycles. The monoisotopic (exact) mass is 261 g/mol. The van der Waals surface area contributed by atoms with Gasteiger partial charge in [-0.2, -0.15) is 0 Å². The molecular weight excluding hydrogens is 230 g/mol. The van der Waals surface area contributed by atoms with Crippen LogP contribution in [0.3, 0.4) is 0 Å². The SMILES string of the molecule is CCCCCCCCC(CN)Cc1ccc(C)cc1. The van der Waals surface area contributed by atoms with E-state index >= 15 is 0 Å². The molecule has 0 spiro atoms. The summed E-state index contributed by atoms with van der Waals surface area (Å²) in [5.41, 5.74) is 8.69. The maximum absolute atomic E-state index is 5.91. The Kier molecular flexibility index (Phi) is 8.57. The van der Waals surface area contributed by atoms with Gasteiger partial charge in [-0.3, -0.25) is 0 Å². The lowest BCUT2D eigenvalue weighted by Gasteiger charge is -2.14. The van der Waals surface area contributed by atoms with Gasteiger partial charge in [0.1, 0.15) is 0 Å². The second-order valence-corrected chi connectivity index (χ2v) is 5.85. The minimum Gasteiger partial charge on any atom is -0.330 e. The van der Waals surface area contributed by atoms with Crippen LogP contribution in [0.5, 0.6) is 0 Å². The summed E-state index contributed by atoms with van der Waals surface area (Å²) < 4.78 is 0. The average molecular weight is 261 g/mol. The van der Waals surface area contributed by atoms with Crippen LogP contribution in [0.2, 0.25) is 0 Å². The molecule has 1 unspecified atom stereocenters. The molecule has 0 amide bonds. The molecule has 0 fully saturated rings. The maximum atomic E-state index is 5.91. The third-order valence-electron chi connectivity index (χ3n) is 3.94. The van der Waals surface area contributed by atoms with Gasteiger partial charge < -0.3 is 5.73 Å². The Morgan fingerprint density at radius 1 is 0.947 bits per heavy atom. The third-order valence-corrected chi connectivity index (χ3v) is 3.94. The summed E-state index contributed by atoms with van der Waals surface area (Å²) in [4.78, 5) is 0. The second-order valence-electron chi connectivity index (χ2n) is 5.85. The predicted molar refractivity (Wildman–Crippen MR) is 85.4 cm³/mol. The fraction of sp³-hybridized carbons (Fsp3) is 0.667. The van der Waals surface area contributed by atoms with Gasteiger partial charge >= 0.3 is 0 Å². The summed E-state index contributed by atoms with van der Waals surface area (Å²) in [6.45, 7) is 5.23. The van der Waals surface area contributed by atoms with Crippen molar-refractivity contribution in [2.24, 2.45) is 11.7 Å². The van der Waals surface area contributed by atoms with Crippen molar-refractivity contribution >= 4 is 0 Å². The Labute approximate surface area is 119 Å². The first-order chi connectivity index (χ1) is 9.26. The summed E-state index contributed by atoms with van der Waals surface area (Å²) >= 11 is 0. The molecule has 0 aliphatic carbocycles. The van der Waals surface area contributed by atoms with Crippen molar-refractivity contribution in [3.8, 4) is 0 Å². The van der Waals surface area contributed by atoms with Gasteiger partial charge in [0.15, 0.2) is 0 Å². The van der Waals surface area contributed by atoms with E-state index in [4.69, 9.17) is 5.73 Å². The van der Waals surface area contributed by atoms with Gasteiger partial charge in [0.05, 0.1) is 0 Å². The van der Waals surface area contributed by atoms with Crippen molar-refractivity contribution in [2.75, 3.05) is 6.54 Å². The fourth-order valence-corrected chi connectivity index (χ4v) is 2.57. The van der Waals surface area contributed by atoms with Crippen molar-refractivity contribution in [1.82, 2.24) is 0 Å². The molecule has 108 valence electrons. The molecular formula is C18H31N. The molecule has 0 heterocycles. The molecule has 19 heavy (non-hydrogen) atoms. The van der Waals surface area contributed by atoms with Crippen molar-refractivity contribution in [3.05, 3.63) is 35.4 Å². The van der Waals surface area contributed by atoms with E-state index in [1.807, 2.05) is 0 Å². The number of benzene rings is 1. The maximum Gasteiger partial charge on any atom is -0.00457 e. The van der Waals surface area contributed by atoms with Gasteiger partial charge in [-0.05, 0) is 37.8 Å². The highest BCUT2D eigenvalue weighted by molar-refractivity contribution is 5.21. The van der Waals surface area contributed by atoms with Crippen LogP contribution in [0.25, 0.3) is 0 Å². The van der Waals surface area contributed by atoms with Crippen LogP contribution in [-0.2, 0) is 6.42 Å². The molecule has 1 rings (SSSR count). The quantitative estimate of drug-likeness (QED) is 0.598. The average Bonchev–Trinajstić information content (AvgIpc) is 2.43. The first-order valence-corrected chi connectivity index (χ1v) is 8.02. The Hall–Kier alpha value is -0.820. The van der Waals surface area contributed by atoms with Crippen LogP contribution in [0.15, 0.2) is 24.3 Å². The standard InChI is InChI=1S/C18H31N/c1-3-4-5-6-7-8-9-18(15-19)14-17-12-10-16(2)11-13-17/h10-13,18H,3-9,14-15,19H2,1-2H3. The van der Waals surface area contributed by atoms with E-state index in [-0.39, 0.29) is 0 Å². The smallest absolute Gasteiger partial charge is 0.00457 e. The predicted octanol–water partition coefficient (Wildman–Crippen LogP) is 4.86. The van der Waals surface area contributed by atoms with Crippen LogP contribution in [-0.4, -0.2) is 6.54 Å². The van der Waals surface area contributed by atoms with Gasteiger partial charge in [-0.15, -0.1) is 0 Å². The largest absolute Gasteiger partial charge is 0.330 e. The summed E-state index contributed by atoms with van der Waals surface area (Å²) in [5.74, 6) is 0.661. The summed E-state index contributed by atoms with van der Waals surface area (Å²) in [6, 6.07) is 8.90. The Bertz CT molecular complexity index is 315. The number of unbranched alkanes of at least 4 members (excludes halogenated alkanes) is 5. The Morgan fingerprint density at radius 2 is 1.58 bits per heavy atom. The molecule has 1 aromatic rings. The van der Waals surface area contributed by atoms with E-state index in [0.29, 0.717) is 5.92 Å². The zero-order chi connectivity index (χ0) is 13.9. The van der Waals surface area contributed by atoms with Gasteiger partial charge in [0, 0.05) is 0 Å². The number of nitrogens with two attached hydrogens (primary N) is 1. The van der Waals surface area contributed by atoms with E-state index in [0.717, 1.165) is 13.0 Å². The lowest BCUT2D eigenvalue weighted by atomic mass is 9.93. The van der Waals surface area contributed by atoms with E-state index in [1.54, 1.807) is 0 Å². The van der Waals surface area contributed by atoms with Crippen LogP contribution in [0.1, 0.15) is 63.0 Å². The van der Waals surface area contributed by atoms with E-state index in [9.17, 15) is 0 Å². The molecule has 0 saturated heterocycles. The first kappa shape index (κ1) is 16.2.